The zero-order chi connectivity index (χ0) is 13.1. The molecular formula is C13H14Cl2N2S. The van der Waals surface area contributed by atoms with Gasteiger partial charge in [-0.1, -0.05) is 30.1 Å². The van der Waals surface area contributed by atoms with E-state index >= 15 is 0 Å². The van der Waals surface area contributed by atoms with E-state index < -0.39 is 0 Å². The van der Waals surface area contributed by atoms with E-state index in [1.165, 1.54) is 0 Å². The normalized spacial score (nSPS) is 12.7. The van der Waals surface area contributed by atoms with E-state index in [1.807, 2.05) is 18.5 Å². The molecule has 0 aliphatic carbocycles. The minimum Gasteiger partial charge on any atom is -0.319 e. The molecule has 2 aromatic rings. The maximum Gasteiger partial charge on any atom is 0.0973 e. The summed E-state index contributed by atoms with van der Waals surface area (Å²) in [7, 11) is 1.94. The van der Waals surface area contributed by atoms with E-state index in [9.17, 15) is 0 Å². The molecule has 1 atom stereocenters. The highest BCUT2D eigenvalue weighted by atomic mass is 35.5. The average molecular weight is 301 g/mol. The van der Waals surface area contributed by atoms with Crippen molar-refractivity contribution in [3.05, 3.63) is 38.6 Å². The van der Waals surface area contributed by atoms with Crippen LogP contribution in [0.2, 0.25) is 10.0 Å². The van der Waals surface area contributed by atoms with Crippen molar-refractivity contribution >= 4 is 34.5 Å². The smallest absolute Gasteiger partial charge is 0.0973 e. The topological polar surface area (TPSA) is 24.9 Å². The molecule has 5 heteroatoms. The molecule has 1 unspecified atom stereocenters. The molecule has 0 radical (unpaired) electrons. The number of thiazole rings is 1. The van der Waals surface area contributed by atoms with Crippen molar-refractivity contribution in [3.8, 4) is 11.3 Å². The molecule has 18 heavy (non-hydrogen) atoms. The first-order valence-corrected chi connectivity index (χ1v) is 7.31. The summed E-state index contributed by atoms with van der Waals surface area (Å²) in [5.74, 6) is 0.395. The van der Waals surface area contributed by atoms with Crippen molar-refractivity contribution in [2.45, 2.75) is 12.8 Å². The van der Waals surface area contributed by atoms with Gasteiger partial charge in [0.15, 0.2) is 0 Å². The highest BCUT2D eigenvalue weighted by Gasteiger charge is 2.12. The Kier molecular flexibility index (Phi) is 4.62. The van der Waals surface area contributed by atoms with E-state index in [0.717, 1.165) is 22.8 Å². The van der Waals surface area contributed by atoms with Crippen LogP contribution in [0.5, 0.6) is 0 Å². The molecule has 0 aliphatic heterocycles. The first-order chi connectivity index (χ1) is 8.61. The van der Waals surface area contributed by atoms with Crippen molar-refractivity contribution in [2.75, 3.05) is 13.6 Å². The average Bonchev–Trinajstić information content (AvgIpc) is 2.82. The fraction of sp³-hybridized carbons (Fsp3) is 0.308. The van der Waals surface area contributed by atoms with Gasteiger partial charge in [-0.2, -0.15) is 0 Å². The standard InChI is InChI=1S/C13H14Cl2N2S/c1-8(6-16-2)13-17-12(7-18-13)10-5-9(14)3-4-11(10)15/h3-5,7-8,16H,6H2,1-2H3. The summed E-state index contributed by atoms with van der Waals surface area (Å²) < 4.78 is 0. The Morgan fingerprint density at radius 3 is 2.89 bits per heavy atom. The van der Waals surface area contributed by atoms with Gasteiger partial charge in [0, 0.05) is 28.4 Å². The number of halogens is 2. The Labute approximate surface area is 121 Å². The van der Waals surface area contributed by atoms with Gasteiger partial charge >= 0.3 is 0 Å². The predicted octanol–water partition coefficient (Wildman–Crippen LogP) is 4.44. The Morgan fingerprint density at radius 2 is 2.17 bits per heavy atom. The van der Waals surface area contributed by atoms with Gasteiger partial charge in [0.25, 0.3) is 0 Å². The first kappa shape index (κ1) is 13.8. The first-order valence-electron chi connectivity index (χ1n) is 5.67. The van der Waals surface area contributed by atoms with Gasteiger partial charge in [-0.25, -0.2) is 4.98 Å². The monoisotopic (exact) mass is 300 g/mol. The highest BCUT2D eigenvalue weighted by molar-refractivity contribution is 7.10. The highest BCUT2D eigenvalue weighted by Crippen LogP contribution is 2.32. The molecule has 2 nitrogen and oxygen atoms in total. The summed E-state index contributed by atoms with van der Waals surface area (Å²) in [4.78, 5) is 4.64. The van der Waals surface area contributed by atoms with Gasteiger partial charge in [-0.05, 0) is 25.2 Å². The number of likely N-dealkylation sites (N-methyl/N-ethyl adjacent to an activating group) is 1. The second-order valence-corrected chi connectivity index (χ2v) is 5.89. The lowest BCUT2D eigenvalue weighted by Gasteiger charge is -2.06. The third-order valence-electron chi connectivity index (χ3n) is 2.66. The molecule has 0 fully saturated rings. The molecule has 96 valence electrons. The van der Waals surface area contributed by atoms with E-state index in [-0.39, 0.29) is 0 Å². The van der Waals surface area contributed by atoms with Crippen molar-refractivity contribution in [1.82, 2.24) is 10.3 Å². The Morgan fingerprint density at radius 1 is 1.39 bits per heavy atom. The minimum absolute atomic E-state index is 0.395. The summed E-state index contributed by atoms with van der Waals surface area (Å²) in [6.45, 7) is 3.06. The third-order valence-corrected chi connectivity index (χ3v) is 4.30. The van der Waals surface area contributed by atoms with Crippen LogP contribution in [-0.4, -0.2) is 18.6 Å². The molecule has 0 bridgehead atoms. The van der Waals surface area contributed by atoms with E-state index in [1.54, 1.807) is 23.5 Å². The zero-order valence-electron chi connectivity index (χ0n) is 10.2. The van der Waals surface area contributed by atoms with Crippen molar-refractivity contribution in [2.24, 2.45) is 0 Å². The summed E-state index contributed by atoms with van der Waals surface area (Å²) >= 11 is 13.8. The number of nitrogens with one attached hydrogen (secondary N) is 1. The van der Waals surface area contributed by atoms with Crippen LogP contribution in [0.15, 0.2) is 23.6 Å². The number of aromatic nitrogens is 1. The second-order valence-electron chi connectivity index (χ2n) is 4.15. The lowest BCUT2D eigenvalue weighted by Crippen LogP contribution is -2.14. The SMILES string of the molecule is CNCC(C)c1nc(-c2cc(Cl)ccc2Cl)cs1. The van der Waals surface area contributed by atoms with Gasteiger partial charge < -0.3 is 5.32 Å². The molecule has 1 N–H and O–H groups in total. The van der Waals surface area contributed by atoms with Gasteiger partial charge in [-0.15, -0.1) is 11.3 Å². The number of benzene rings is 1. The number of hydrogen-bond acceptors (Lipinski definition) is 3. The Hall–Kier alpha value is -0.610. The number of rotatable bonds is 4. The van der Waals surface area contributed by atoms with E-state index in [4.69, 9.17) is 23.2 Å². The van der Waals surface area contributed by atoms with Crippen LogP contribution in [0.25, 0.3) is 11.3 Å². The van der Waals surface area contributed by atoms with Crippen LogP contribution in [0.3, 0.4) is 0 Å². The van der Waals surface area contributed by atoms with Crippen LogP contribution < -0.4 is 5.32 Å². The molecule has 0 aliphatic rings. The van der Waals surface area contributed by atoms with Gasteiger partial charge in [0.05, 0.1) is 15.7 Å². The van der Waals surface area contributed by atoms with Crippen molar-refractivity contribution < 1.29 is 0 Å². The Bertz CT molecular complexity index is 540. The molecule has 2 rings (SSSR count). The van der Waals surface area contributed by atoms with Crippen LogP contribution in [-0.2, 0) is 0 Å². The van der Waals surface area contributed by atoms with Crippen molar-refractivity contribution in [1.29, 1.82) is 0 Å². The zero-order valence-corrected chi connectivity index (χ0v) is 12.5. The molecule has 0 saturated carbocycles. The molecule has 0 saturated heterocycles. The molecule has 0 spiro atoms. The van der Waals surface area contributed by atoms with Crippen LogP contribution >= 0.6 is 34.5 Å². The lowest BCUT2D eigenvalue weighted by molar-refractivity contribution is 0.674. The van der Waals surface area contributed by atoms with Gasteiger partial charge in [0.1, 0.15) is 0 Å². The summed E-state index contributed by atoms with van der Waals surface area (Å²) in [5.41, 5.74) is 1.79. The fourth-order valence-corrected chi connectivity index (χ4v) is 2.99. The quantitative estimate of drug-likeness (QED) is 0.903. The maximum absolute atomic E-state index is 6.17. The molecule has 1 aromatic carbocycles. The lowest BCUT2D eigenvalue weighted by atomic mass is 10.1. The van der Waals surface area contributed by atoms with E-state index in [2.05, 4.69) is 17.2 Å². The molecule has 1 aromatic heterocycles. The van der Waals surface area contributed by atoms with Crippen LogP contribution in [0.1, 0.15) is 17.8 Å². The maximum atomic E-state index is 6.17. The van der Waals surface area contributed by atoms with Crippen molar-refractivity contribution in [3.63, 3.8) is 0 Å². The second kappa shape index (κ2) is 6.02. The Balaban J connectivity index is 2.32. The summed E-state index contributed by atoms with van der Waals surface area (Å²) in [5, 5.41) is 7.64. The van der Waals surface area contributed by atoms with Gasteiger partial charge in [0.2, 0.25) is 0 Å². The third kappa shape index (κ3) is 3.04. The molecule has 1 heterocycles. The molecule has 0 amide bonds. The number of nitrogens with zero attached hydrogens (tertiary/aromatic N) is 1. The predicted molar refractivity (Wildman–Crippen MR) is 79.9 cm³/mol. The summed E-state index contributed by atoms with van der Waals surface area (Å²) in [6.07, 6.45) is 0. The van der Waals surface area contributed by atoms with Gasteiger partial charge in [-0.3, -0.25) is 0 Å². The van der Waals surface area contributed by atoms with Crippen LogP contribution in [0, 0.1) is 0 Å². The summed E-state index contributed by atoms with van der Waals surface area (Å²) in [6, 6.07) is 5.44. The molecular weight excluding hydrogens is 287 g/mol. The van der Waals surface area contributed by atoms with E-state index in [0.29, 0.717) is 16.0 Å². The number of hydrogen-bond donors (Lipinski definition) is 1. The van der Waals surface area contributed by atoms with Crippen LogP contribution in [0.4, 0.5) is 0 Å². The largest absolute Gasteiger partial charge is 0.319 e. The minimum atomic E-state index is 0.395. The fourth-order valence-electron chi connectivity index (χ4n) is 1.72.